The van der Waals surface area contributed by atoms with Gasteiger partial charge in [0, 0.05) is 5.56 Å². The first-order chi connectivity index (χ1) is 19.2. The normalized spacial score (nSPS) is 14.9. The van der Waals surface area contributed by atoms with Gasteiger partial charge in [-0.1, -0.05) is 41.7 Å². The number of hydrogen-bond donors (Lipinski definition) is 0. The number of rotatable bonds is 10. The van der Waals surface area contributed by atoms with Crippen LogP contribution >= 0.6 is 11.3 Å². The standard InChI is InChI=1S/C30H32N2O7S/c1-6-36-25(33)17-38-21-14-12-20(13-15-21)16-24-28(34)32-27(22-10-8-9-11-23(22)39-18(3)4)26(29(35)37-7-2)19(5)31-30(32)40-24/h8-16,18,27H,6-7,17H2,1-5H3/b24-16+/t27-/m0/s1. The van der Waals surface area contributed by atoms with Crippen LogP contribution in [0.4, 0.5) is 0 Å². The Morgan fingerprint density at radius 2 is 1.75 bits per heavy atom. The van der Waals surface area contributed by atoms with Crippen molar-refractivity contribution in [2.24, 2.45) is 4.99 Å². The number of ether oxygens (including phenoxy) is 4. The van der Waals surface area contributed by atoms with Gasteiger partial charge in [0.15, 0.2) is 11.4 Å². The van der Waals surface area contributed by atoms with E-state index in [1.807, 2.05) is 38.1 Å². The fraction of sp³-hybridized carbons (Fsp3) is 0.333. The number of para-hydroxylation sites is 1. The van der Waals surface area contributed by atoms with Gasteiger partial charge in [-0.3, -0.25) is 9.36 Å². The molecule has 210 valence electrons. The molecule has 0 fully saturated rings. The lowest BCUT2D eigenvalue weighted by Crippen LogP contribution is -2.40. The lowest BCUT2D eigenvalue weighted by molar-refractivity contribution is -0.145. The van der Waals surface area contributed by atoms with Crippen LogP contribution in [0, 0.1) is 0 Å². The number of thiazole rings is 1. The molecule has 0 bridgehead atoms. The Morgan fingerprint density at radius 1 is 1.05 bits per heavy atom. The predicted octanol–water partition coefficient (Wildman–Crippen LogP) is 3.53. The van der Waals surface area contributed by atoms with E-state index in [4.69, 9.17) is 18.9 Å². The molecule has 1 aliphatic heterocycles. The second-order valence-corrected chi connectivity index (χ2v) is 10.2. The van der Waals surface area contributed by atoms with Crippen molar-refractivity contribution in [2.45, 2.75) is 46.8 Å². The van der Waals surface area contributed by atoms with Gasteiger partial charge in [-0.05, 0) is 64.5 Å². The molecular formula is C30H32N2O7S. The first-order valence-corrected chi connectivity index (χ1v) is 13.9. The minimum Gasteiger partial charge on any atom is -0.491 e. The van der Waals surface area contributed by atoms with Crippen LogP contribution in [0.25, 0.3) is 6.08 Å². The number of carbonyl (C=O) groups excluding carboxylic acids is 2. The van der Waals surface area contributed by atoms with Crippen LogP contribution in [0.3, 0.4) is 0 Å². The number of nitrogens with zero attached hydrogens (tertiary/aromatic N) is 2. The smallest absolute Gasteiger partial charge is 0.344 e. The van der Waals surface area contributed by atoms with Gasteiger partial charge in [-0.15, -0.1) is 0 Å². The number of fused-ring (bicyclic) bond motifs is 1. The highest BCUT2D eigenvalue weighted by molar-refractivity contribution is 7.07. The summed E-state index contributed by atoms with van der Waals surface area (Å²) in [7, 11) is 0. The Hall–Kier alpha value is -4.18. The number of allylic oxidation sites excluding steroid dienone is 1. The molecule has 0 saturated heterocycles. The summed E-state index contributed by atoms with van der Waals surface area (Å²) in [5.41, 5.74) is 1.92. The third kappa shape index (κ3) is 6.34. The second-order valence-electron chi connectivity index (χ2n) is 9.17. The quantitative estimate of drug-likeness (QED) is 0.347. The summed E-state index contributed by atoms with van der Waals surface area (Å²) >= 11 is 1.24. The molecule has 40 heavy (non-hydrogen) atoms. The summed E-state index contributed by atoms with van der Waals surface area (Å²) in [5.74, 6) is 0.107. The molecule has 0 radical (unpaired) electrons. The largest absolute Gasteiger partial charge is 0.491 e. The SMILES string of the molecule is CCOC(=O)COc1ccc(/C=c2/sc3n(c2=O)[C@@H](c2ccccc2OC(C)C)C(C(=O)OCC)=C(C)N=3)cc1. The van der Waals surface area contributed by atoms with Gasteiger partial charge < -0.3 is 18.9 Å². The van der Waals surface area contributed by atoms with Gasteiger partial charge in [0.1, 0.15) is 17.5 Å². The Kier molecular flexibility index (Phi) is 9.21. The van der Waals surface area contributed by atoms with Crippen LogP contribution in [-0.2, 0) is 19.1 Å². The minimum atomic E-state index is -0.772. The van der Waals surface area contributed by atoms with E-state index < -0.39 is 18.0 Å². The zero-order valence-corrected chi connectivity index (χ0v) is 23.9. The van der Waals surface area contributed by atoms with E-state index in [0.29, 0.717) is 37.7 Å². The Balaban J connectivity index is 1.78. The molecule has 3 aromatic rings. The molecule has 0 unspecified atom stereocenters. The van der Waals surface area contributed by atoms with Crippen molar-refractivity contribution in [2.75, 3.05) is 19.8 Å². The molecule has 1 aromatic heterocycles. The highest BCUT2D eigenvalue weighted by Gasteiger charge is 2.35. The number of benzene rings is 2. The summed E-state index contributed by atoms with van der Waals surface area (Å²) in [6.45, 7) is 9.35. The average Bonchev–Trinajstić information content (AvgIpc) is 3.22. The fourth-order valence-electron chi connectivity index (χ4n) is 4.31. The number of hydrogen-bond acceptors (Lipinski definition) is 9. The molecule has 0 amide bonds. The third-order valence-corrected chi connectivity index (χ3v) is 6.92. The van der Waals surface area contributed by atoms with Crippen molar-refractivity contribution in [3.63, 3.8) is 0 Å². The van der Waals surface area contributed by atoms with Crippen molar-refractivity contribution in [3.05, 3.63) is 90.6 Å². The summed E-state index contributed by atoms with van der Waals surface area (Å²) in [4.78, 5) is 43.7. The van der Waals surface area contributed by atoms with E-state index in [9.17, 15) is 14.4 Å². The zero-order valence-electron chi connectivity index (χ0n) is 23.1. The molecule has 1 aliphatic rings. The van der Waals surface area contributed by atoms with Crippen molar-refractivity contribution in [3.8, 4) is 11.5 Å². The van der Waals surface area contributed by atoms with Gasteiger partial charge in [-0.25, -0.2) is 14.6 Å². The molecule has 1 atom stereocenters. The monoisotopic (exact) mass is 564 g/mol. The van der Waals surface area contributed by atoms with Gasteiger partial charge in [-0.2, -0.15) is 0 Å². The maximum Gasteiger partial charge on any atom is 0.344 e. The van der Waals surface area contributed by atoms with Gasteiger partial charge >= 0.3 is 11.9 Å². The summed E-state index contributed by atoms with van der Waals surface area (Å²) in [6, 6.07) is 13.6. The number of aromatic nitrogens is 1. The average molecular weight is 565 g/mol. The van der Waals surface area contributed by atoms with E-state index in [2.05, 4.69) is 4.99 Å². The van der Waals surface area contributed by atoms with Crippen LogP contribution in [0.5, 0.6) is 11.5 Å². The highest BCUT2D eigenvalue weighted by Crippen LogP contribution is 2.36. The first kappa shape index (κ1) is 28.8. The third-order valence-electron chi connectivity index (χ3n) is 5.93. The van der Waals surface area contributed by atoms with Crippen LogP contribution in [-0.4, -0.2) is 42.4 Å². The van der Waals surface area contributed by atoms with Crippen LogP contribution in [0.15, 0.2) is 69.6 Å². The van der Waals surface area contributed by atoms with Crippen molar-refractivity contribution in [1.82, 2.24) is 4.57 Å². The molecular weight excluding hydrogens is 532 g/mol. The molecule has 0 aliphatic carbocycles. The molecule has 4 rings (SSSR count). The predicted molar refractivity (Wildman–Crippen MR) is 151 cm³/mol. The Labute approximate surface area is 236 Å². The first-order valence-electron chi connectivity index (χ1n) is 13.1. The maximum atomic E-state index is 13.9. The number of carbonyl (C=O) groups is 2. The van der Waals surface area contributed by atoms with Crippen molar-refractivity contribution in [1.29, 1.82) is 0 Å². The maximum absolute atomic E-state index is 13.9. The Morgan fingerprint density at radius 3 is 2.42 bits per heavy atom. The topological polar surface area (TPSA) is 105 Å². The molecule has 0 saturated carbocycles. The van der Waals surface area contributed by atoms with Crippen LogP contribution in [0.2, 0.25) is 0 Å². The van der Waals surface area contributed by atoms with Crippen molar-refractivity contribution >= 4 is 29.4 Å². The molecule has 9 nitrogen and oxygen atoms in total. The van der Waals surface area contributed by atoms with Crippen LogP contribution < -0.4 is 24.4 Å². The van der Waals surface area contributed by atoms with Gasteiger partial charge in [0.25, 0.3) is 5.56 Å². The Bertz CT molecular complexity index is 1600. The fourth-order valence-corrected chi connectivity index (χ4v) is 5.36. The summed E-state index contributed by atoms with van der Waals surface area (Å²) in [6.07, 6.45) is 1.65. The van der Waals surface area contributed by atoms with Crippen molar-refractivity contribution < 1.29 is 28.5 Å². The number of esters is 2. The lowest BCUT2D eigenvalue weighted by atomic mass is 9.95. The van der Waals surface area contributed by atoms with E-state index in [1.54, 1.807) is 51.1 Å². The minimum absolute atomic E-state index is 0.114. The van der Waals surface area contributed by atoms with E-state index >= 15 is 0 Å². The van der Waals surface area contributed by atoms with E-state index in [1.165, 1.54) is 15.9 Å². The van der Waals surface area contributed by atoms with Crippen LogP contribution in [0.1, 0.15) is 51.8 Å². The van der Waals surface area contributed by atoms with Gasteiger partial charge in [0.05, 0.1) is 35.1 Å². The lowest BCUT2D eigenvalue weighted by Gasteiger charge is -2.26. The molecule has 10 heteroatoms. The van der Waals surface area contributed by atoms with E-state index in [0.717, 1.165) is 5.56 Å². The van der Waals surface area contributed by atoms with E-state index in [-0.39, 0.29) is 31.5 Å². The van der Waals surface area contributed by atoms with Gasteiger partial charge in [0.2, 0.25) is 0 Å². The second kappa shape index (κ2) is 12.8. The zero-order chi connectivity index (χ0) is 28.8. The molecule has 2 heterocycles. The molecule has 2 aromatic carbocycles. The summed E-state index contributed by atoms with van der Waals surface area (Å²) in [5, 5.41) is 0. The summed E-state index contributed by atoms with van der Waals surface area (Å²) < 4.78 is 23.8. The molecule has 0 spiro atoms. The highest BCUT2D eigenvalue weighted by atomic mass is 32.1. The molecule has 0 N–H and O–H groups in total.